The lowest BCUT2D eigenvalue weighted by atomic mass is 9.86. The molecule has 3 fully saturated rings. The van der Waals surface area contributed by atoms with E-state index in [0.717, 1.165) is 100 Å². The molecule has 0 aromatic heterocycles. The number of nitrogens with zero attached hydrogens (tertiary/aromatic N) is 2. The Morgan fingerprint density at radius 2 is 0.579 bits per heavy atom. The van der Waals surface area contributed by atoms with Gasteiger partial charge in [0, 0.05) is 11.8 Å². The first kappa shape index (κ1) is 31.4. The molecule has 2 amide bonds. The fraction of sp³-hybridized carbons (Fsp3) is 0.938. The maximum atomic E-state index is 13.6. The van der Waals surface area contributed by atoms with Crippen molar-refractivity contribution >= 4 is 11.8 Å². The van der Waals surface area contributed by atoms with Crippen molar-refractivity contribution in [3.8, 4) is 0 Å². The topological polar surface area (TPSA) is 81.1 Å². The number of amides is 2. The van der Waals surface area contributed by atoms with Crippen LogP contribution in [0.15, 0.2) is 0 Å². The Morgan fingerprint density at radius 1 is 0.368 bits per heavy atom. The molecule has 0 radical (unpaired) electrons. The monoisotopic (exact) mass is 534 g/mol. The zero-order chi connectivity index (χ0) is 27.0. The molecule has 3 rings (SSSR count). The van der Waals surface area contributed by atoms with Gasteiger partial charge in [-0.15, -0.1) is 0 Å². The van der Waals surface area contributed by atoms with Gasteiger partial charge in [-0.3, -0.25) is 20.0 Å². The summed E-state index contributed by atoms with van der Waals surface area (Å²) in [6.07, 6.45) is 27.9. The van der Waals surface area contributed by atoms with Crippen LogP contribution < -0.4 is 0 Å². The van der Waals surface area contributed by atoms with E-state index in [1.807, 2.05) is 0 Å². The lowest BCUT2D eigenvalue weighted by molar-refractivity contribution is -0.218. The minimum atomic E-state index is -0.516. The summed E-state index contributed by atoms with van der Waals surface area (Å²) in [5.74, 6) is -0.691. The Kier molecular flexibility index (Phi) is 15.1. The molecule has 2 N–H and O–H groups in total. The summed E-state index contributed by atoms with van der Waals surface area (Å²) >= 11 is 0. The highest BCUT2D eigenvalue weighted by molar-refractivity contribution is 5.79. The third kappa shape index (κ3) is 10.4. The molecule has 0 bridgehead atoms. The Morgan fingerprint density at radius 3 is 0.842 bits per heavy atom. The van der Waals surface area contributed by atoms with Crippen LogP contribution in [0.3, 0.4) is 0 Å². The van der Waals surface area contributed by atoms with Crippen LogP contribution in [-0.2, 0) is 9.59 Å². The number of hydroxylamine groups is 4. The summed E-state index contributed by atoms with van der Waals surface area (Å²) in [5.41, 5.74) is 0. The highest BCUT2D eigenvalue weighted by Gasteiger charge is 2.40. The van der Waals surface area contributed by atoms with Gasteiger partial charge in [0.05, 0.1) is 12.1 Å². The number of rotatable bonds is 4. The third-order valence-electron chi connectivity index (χ3n) is 9.68. The van der Waals surface area contributed by atoms with Gasteiger partial charge in [-0.25, -0.2) is 10.1 Å². The van der Waals surface area contributed by atoms with Crippen LogP contribution in [-0.4, -0.2) is 44.4 Å². The molecule has 2 atom stereocenters. The molecule has 3 aliphatic carbocycles. The molecule has 220 valence electrons. The lowest BCUT2D eigenvalue weighted by Gasteiger charge is -2.41. The predicted molar refractivity (Wildman–Crippen MR) is 152 cm³/mol. The fourth-order valence-corrected chi connectivity index (χ4v) is 7.18. The van der Waals surface area contributed by atoms with Crippen LogP contribution in [0.25, 0.3) is 0 Å². The first-order chi connectivity index (χ1) is 18.6. The molecule has 3 saturated carbocycles. The SMILES string of the molecule is O=C(C1CCCCCCCCCCC1)N(O)[C@@H]1CCCC[C@H]1N(O)C(=O)C1CCCCCCCCCCC1. The first-order valence-corrected chi connectivity index (χ1v) is 16.6. The van der Waals surface area contributed by atoms with E-state index >= 15 is 0 Å². The van der Waals surface area contributed by atoms with Crippen LogP contribution in [0, 0.1) is 11.8 Å². The van der Waals surface area contributed by atoms with Crippen molar-refractivity contribution in [2.45, 2.75) is 179 Å². The molecule has 6 nitrogen and oxygen atoms in total. The minimum absolute atomic E-state index is 0.156. The second-order valence-electron chi connectivity index (χ2n) is 12.7. The Bertz CT molecular complexity index is 592. The Hall–Kier alpha value is -1.14. The molecule has 0 saturated heterocycles. The Balaban J connectivity index is 1.62. The van der Waals surface area contributed by atoms with Crippen LogP contribution in [0.5, 0.6) is 0 Å². The maximum absolute atomic E-state index is 13.6. The molecular weight excluding hydrogens is 476 g/mol. The van der Waals surface area contributed by atoms with Crippen LogP contribution in [0.2, 0.25) is 0 Å². The second kappa shape index (κ2) is 18.3. The predicted octanol–water partition coefficient (Wildman–Crippen LogP) is 8.58. The molecule has 0 spiro atoms. The maximum Gasteiger partial charge on any atom is 0.249 e. The third-order valence-corrected chi connectivity index (χ3v) is 9.68. The summed E-state index contributed by atoms with van der Waals surface area (Å²) in [6.45, 7) is 0. The lowest BCUT2D eigenvalue weighted by Crippen LogP contribution is -2.56. The van der Waals surface area contributed by atoms with Crippen molar-refractivity contribution < 1.29 is 20.0 Å². The van der Waals surface area contributed by atoms with Crippen molar-refractivity contribution in [1.29, 1.82) is 0 Å². The van der Waals surface area contributed by atoms with Gasteiger partial charge in [0.25, 0.3) is 0 Å². The fourth-order valence-electron chi connectivity index (χ4n) is 7.18. The molecule has 0 heterocycles. The van der Waals surface area contributed by atoms with Crippen LogP contribution in [0.1, 0.15) is 167 Å². The zero-order valence-electron chi connectivity index (χ0n) is 24.3. The van der Waals surface area contributed by atoms with Gasteiger partial charge in [-0.1, -0.05) is 128 Å². The molecule has 0 aromatic rings. The summed E-state index contributed by atoms with van der Waals surface area (Å²) in [6, 6.07) is -1.03. The molecule has 0 unspecified atom stereocenters. The van der Waals surface area contributed by atoms with Gasteiger partial charge in [0.2, 0.25) is 11.8 Å². The summed E-state index contributed by atoms with van der Waals surface area (Å²) in [4.78, 5) is 27.1. The van der Waals surface area contributed by atoms with Crippen LogP contribution >= 0.6 is 0 Å². The number of carbonyl (C=O) groups excluding carboxylic acids is 2. The average molecular weight is 535 g/mol. The van der Waals surface area contributed by atoms with E-state index < -0.39 is 12.1 Å². The van der Waals surface area contributed by atoms with Gasteiger partial charge in [-0.2, -0.15) is 0 Å². The Labute approximate surface area is 232 Å². The number of hydrogen-bond acceptors (Lipinski definition) is 4. The first-order valence-electron chi connectivity index (χ1n) is 16.6. The van der Waals surface area contributed by atoms with Crippen molar-refractivity contribution in [1.82, 2.24) is 10.1 Å². The van der Waals surface area contributed by atoms with E-state index in [2.05, 4.69) is 0 Å². The molecule has 0 aliphatic heterocycles. The smallest absolute Gasteiger partial charge is 0.249 e. The summed E-state index contributed by atoms with van der Waals surface area (Å²) in [5, 5.41) is 24.4. The van der Waals surface area contributed by atoms with Gasteiger partial charge in [0.1, 0.15) is 0 Å². The van der Waals surface area contributed by atoms with E-state index in [0.29, 0.717) is 12.8 Å². The molecule has 0 aromatic carbocycles. The van der Waals surface area contributed by atoms with Crippen molar-refractivity contribution in [3.05, 3.63) is 0 Å². The average Bonchev–Trinajstić information content (AvgIpc) is 2.92. The molecular formula is C32H58N2O4. The highest BCUT2D eigenvalue weighted by atomic mass is 16.5. The van der Waals surface area contributed by atoms with E-state index in [1.54, 1.807) is 0 Å². The van der Waals surface area contributed by atoms with E-state index in [-0.39, 0.29) is 23.7 Å². The summed E-state index contributed by atoms with van der Waals surface area (Å²) < 4.78 is 0. The van der Waals surface area contributed by atoms with E-state index in [9.17, 15) is 20.0 Å². The highest BCUT2D eigenvalue weighted by Crippen LogP contribution is 2.31. The molecule has 38 heavy (non-hydrogen) atoms. The standard InChI is InChI=1S/C32H58N2O4/c35-31(27-21-15-11-7-3-1-4-8-12-16-22-27)33(37)29-25-19-20-26-30(29)34(38)32(36)28-23-17-13-9-5-2-6-10-14-18-24-28/h27-30,37-38H,1-26H2/t29-,30-/m1/s1. The number of hydrogen-bond donors (Lipinski definition) is 2. The molecule has 3 aliphatic rings. The zero-order valence-corrected chi connectivity index (χ0v) is 24.3. The second-order valence-corrected chi connectivity index (χ2v) is 12.7. The quantitative estimate of drug-likeness (QED) is 0.279. The van der Waals surface area contributed by atoms with E-state index in [4.69, 9.17) is 0 Å². The number of carbonyl (C=O) groups is 2. The van der Waals surface area contributed by atoms with Gasteiger partial charge in [-0.05, 0) is 38.5 Å². The van der Waals surface area contributed by atoms with Gasteiger partial charge in [0.15, 0.2) is 0 Å². The normalized spacial score (nSPS) is 27.1. The summed E-state index contributed by atoms with van der Waals surface area (Å²) in [7, 11) is 0. The van der Waals surface area contributed by atoms with E-state index in [1.165, 1.54) is 64.2 Å². The van der Waals surface area contributed by atoms with Crippen molar-refractivity contribution in [2.75, 3.05) is 0 Å². The van der Waals surface area contributed by atoms with Crippen LogP contribution in [0.4, 0.5) is 0 Å². The minimum Gasteiger partial charge on any atom is -0.286 e. The van der Waals surface area contributed by atoms with Crippen molar-refractivity contribution in [2.24, 2.45) is 11.8 Å². The van der Waals surface area contributed by atoms with Gasteiger partial charge >= 0.3 is 0 Å². The largest absolute Gasteiger partial charge is 0.286 e. The molecule has 6 heteroatoms. The van der Waals surface area contributed by atoms with Crippen molar-refractivity contribution in [3.63, 3.8) is 0 Å². The van der Waals surface area contributed by atoms with Gasteiger partial charge < -0.3 is 0 Å².